The van der Waals surface area contributed by atoms with E-state index in [1.165, 1.54) is 15.9 Å². The maximum Gasteiger partial charge on any atom is 0.115 e. The van der Waals surface area contributed by atoms with Crippen molar-refractivity contribution in [3.8, 4) is 0 Å². The Morgan fingerprint density at radius 1 is 0.667 bits per heavy atom. The Labute approximate surface area is 172 Å². The second-order valence-electron chi connectivity index (χ2n) is 6.57. The number of rotatable bonds is 5. The van der Waals surface area contributed by atoms with Crippen LogP contribution in [0.15, 0.2) is 91.0 Å². The van der Waals surface area contributed by atoms with Crippen LogP contribution in [0.1, 0.15) is 0 Å². The predicted octanol–water partition coefficient (Wildman–Crippen LogP) is 0.400. The zero-order valence-corrected chi connectivity index (χ0v) is 17.7. The number of hydrogen-bond acceptors (Lipinski definition) is 2. The molecule has 1 heterocycles. The van der Waals surface area contributed by atoms with Crippen LogP contribution in [0.5, 0.6) is 0 Å². The van der Waals surface area contributed by atoms with Gasteiger partial charge in [0.05, 0.1) is 19.8 Å². The van der Waals surface area contributed by atoms with Crippen molar-refractivity contribution < 1.29 is 26.5 Å². The van der Waals surface area contributed by atoms with Crippen LogP contribution in [-0.4, -0.2) is 32.1 Å². The van der Waals surface area contributed by atoms with Crippen molar-refractivity contribution in [2.75, 3.05) is 26.0 Å². The monoisotopic (exact) mass is 442 g/mol. The summed E-state index contributed by atoms with van der Waals surface area (Å²) in [5.74, 6) is 0. The maximum atomic E-state index is 6.10. The van der Waals surface area contributed by atoms with Gasteiger partial charge in [-0.2, -0.15) is 0 Å². The first-order valence-corrected chi connectivity index (χ1v) is 11.1. The molecule has 0 aliphatic carbocycles. The molecule has 4 heteroatoms. The van der Waals surface area contributed by atoms with Gasteiger partial charge in [0, 0.05) is 0 Å². The molecular weight excluding hydrogens is 419 g/mol. The van der Waals surface area contributed by atoms with Crippen LogP contribution in [0.25, 0.3) is 0 Å². The standard InChI is InChI=1S/C23H24O2P.BrH/c1-4-10-21(11-5-1)26(22-12-6-2-7-13-22,23-14-8-3-9-15-23)19-20-18-24-16-17-25-20;/h1-15,20H,16-19H2;1H/q+1;/p-1. The van der Waals surface area contributed by atoms with Crippen LogP contribution in [0.2, 0.25) is 0 Å². The number of ether oxygens (including phenoxy) is 2. The van der Waals surface area contributed by atoms with E-state index in [1.54, 1.807) is 0 Å². The van der Waals surface area contributed by atoms with E-state index in [1.807, 2.05) is 0 Å². The lowest BCUT2D eigenvalue weighted by Crippen LogP contribution is -3.00. The zero-order chi connectivity index (χ0) is 17.7. The summed E-state index contributed by atoms with van der Waals surface area (Å²) >= 11 is 0. The van der Waals surface area contributed by atoms with Gasteiger partial charge in [-0.15, -0.1) is 0 Å². The summed E-state index contributed by atoms with van der Waals surface area (Å²) < 4.78 is 11.8. The van der Waals surface area contributed by atoms with E-state index >= 15 is 0 Å². The van der Waals surface area contributed by atoms with E-state index in [9.17, 15) is 0 Å². The van der Waals surface area contributed by atoms with E-state index in [0.717, 1.165) is 6.16 Å². The van der Waals surface area contributed by atoms with Crippen molar-refractivity contribution >= 4 is 23.2 Å². The molecule has 1 fully saturated rings. The molecule has 0 radical (unpaired) electrons. The van der Waals surface area contributed by atoms with Crippen LogP contribution in [-0.2, 0) is 9.47 Å². The third-order valence-corrected chi connectivity index (χ3v) is 9.45. The molecule has 1 aliphatic heterocycles. The predicted molar refractivity (Wildman–Crippen MR) is 111 cm³/mol. The smallest absolute Gasteiger partial charge is 0.115 e. The van der Waals surface area contributed by atoms with Gasteiger partial charge in [-0.25, -0.2) is 0 Å². The van der Waals surface area contributed by atoms with Gasteiger partial charge >= 0.3 is 0 Å². The first-order chi connectivity index (χ1) is 12.9. The third-order valence-electron chi connectivity index (χ3n) is 4.95. The molecule has 1 atom stereocenters. The highest BCUT2D eigenvalue weighted by molar-refractivity contribution is 7.95. The Balaban J connectivity index is 0.00000210. The van der Waals surface area contributed by atoms with E-state index in [4.69, 9.17) is 9.47 Å². The minimum Gasteiger partial charge on any atom is -1.00 e. The van der Waals surface area contributed by atoms with Crippen LogP contribution in [0.3, 0.4) is 0 Å². The van der Waals surface area contributed by atoms with Gasteiger partial charge < -0.3 is 26.5 Å². The molecule has 4 rings (SSSR count). The van der Waals surface area contributed by atoms with Crippen molar-refractivity contribution in [1.29, 1.82) is 0 Å². The fraction of sp³-hybridized carbons (Fsp3) is 0.217. The summed E-state index contributed by atoms with van der Waals surface area (Å²) in [4.78, 5) is 0. The highest BCUT2D eigenvalue weighted by atomic mass is 79.9. The Bertz CT molecular complexity index is 709. The molecule has 27 heavy (non-hydrogen) atoms. The Morgan fingerprint density at radius 2 is 1.11 bits per heavy atom. The quantitative estimate of drug-likeness (QED) is 0.532. The van der Waals surface area contributed by atoms with Crippen molar-refractivity contribution in [2.24, 2.45) is 0 Å². The van der Waals surface area contributed by atoms with Gasteiger partial charge in [-0.05, 0) is 36.4 Å². The lowest BCUT2D eigenvalue weighted by atomic mass is 10.3. The summed E-state index contributed by atoms with van der Waals surface area (Å²) in [6.45, 7) is 2.06. The van der Waals surface area contributed by atoms with Gasteiger partial charge in [0.2, 0.25) is 0 Å². The fourth-order valence-electron chi connectivity index (χ4n) is 3.76. The Kier molecular flexibility index (Phi) is 7.20. The molecule has 0 spiro atoms. The average Bonchev–Trinajstić information content (AvgIpc) is 2.75. The molecule has 1 unspecified atom stereocenters. The second kappa shape index (κ2) is 9.61. The van der Waals surface area contributed by atoms with E-state index in [2.05, 4.69) is 91.0 Å². The third kappa shape index (κ3) is 4.33. The average molecular weight is 443 g/mol. The van der Waals surface area contributed by atoms with Gasteiger partial charge in [0.15, 0.2) is 0 Å². The van der Waals surface area contributed by atoms with Crippen LogP contribution >= 0.6 is 7.26 Å². The van der Waals surface area contributed by atoms with E-state index in [0.29, 0.717) is 19.8 Å². The normalized spacial score (nSPS) is 17.1. The second-order valence-corrected chi connectivity index (χ2v) is 10.1. The first-order valence-electron chi connectivity index (χ1n) is 9.14. The number of hydrogen-bond donors (Lipinski definition) is 0. The molecular formula is C23H24BrO2P. The topological polar surface area (TPSA) is 18.5 Å². The molecule has 1 aliphatic rings. The molecule has 1 saturated heterocycles. The molecule has 0 N–H and O–H groups in total. The van der Waals surface area contributed by atoms with E-state index < -0.39 is 7.26 Å². The first kappa shape index (κ1) is 20.2. The van der Waals surface area contributed by atoms with Crippen LogP contribution in [0, 0.1) is 0 Å². The number of benzene rings is 3. The summed E-state index contributed by atoms with van der Waals surface area (Å²) in [6, 6.07) is 32.8. The summed E-state index contributed by atoms with van der Waals surface area (Å²) in [6.07, 6.45) is 1.09. The Morgan fingerprint density at radius 3 is 1.48 bits per heavy atom. The molecule has 0 amide bonds. The van der Waals surface area contributed by atoms with Crippen molar-refractivity contribution in [1.82, 2.24) is 0 Å². The van der Waals surface area contributed by atoms with Gasteiger partial charge in [-0.1, -0.05) is 54.6 Å². The maximum absolute atomic E-state index is 6.10. The van der Waals surface area contributed by atoms with Crippen molar-refractivity contribution in [3.63, 3.8) is 0 Å². The summed E-state index contributed by atoms with van der Waals surface area (Å²) in [5, 5.41) is 4.18. The zero-order valence-electron chi connectivity index (χ0n) is 15.2. The molecule has 3 aromatic rings. The molecule has 0 bridgehead atoms. The van der Waals surface area contributed by atoms with E-state index in [-0.39, 0.29) is 23.1 Å². The van der Waals surface area contributed by atoms with Crippen molar-refractivity contribution in [2.45, 2.75) is 6.10 Å². The van der Waals surface area contributed by atoms with Gasteiger partial charge in [-0.3, -0.25) is 0 Å². The largest absolute Gasteiger partial charge is 1.00 e. The number of halogens is 1. The highest BCUT2D eigenvalue weighted by Crippen LogP contribution is 2.56. The lowest BCUT2D eigenvalue weighted by molar-refractivity contribution is -0.0780. The van der Waals surface area contributed by atoms with Crippen LogP contribution in [0.4, 0.5) is 0 Å². The minimum absolute atomic E-state index is 0. The molecule has 2 nitrogen and oxygen atoms in total. The molecule has 3 aromatic carbocycles. The summed E-state index contributed by atoms with van der Waals surface area (Å²) in [5.41, 5.74) is 0. The van der Waals surface area contributed by atoms with Crippen LogP contribution < -0.4 is 32.9 Å². The van der Waals surface area contributed by atoms with Crippen molar-refractivity contribution in [3.05, 3.63) is 91.0 Å². The fourth-order valence-corrected chi connectivity index (χ4v) is 8.15. The molecule has 0 saturated carbocycles. The van der Waals surface area contributed by atoms with Gasteiger partial charge in [0.1, 0.15) is 35.4 Å². The SMILES string of the molecule is [Br-].c1ccc([P+](CC2COCCO2)(c2ccccc2)c2ccccc2)cc1. The summed E-state index contributed by atoms with van der Waals surface area (Å²) in [7, 11) is -1.83. The lowest BCUT2D eigenvalue weighted by Gasteiger charge is -2.32. The minimum atomic E-state index is -1.83. The molecule has 140 valence electrons. The highest BCUT2D eigenvalue weighted by Gasteiger charge is 2.47. The van der Waals surface area contributed by atoms with Gasteiger partial charge in [0.25, 0.3) is 0 Å². The Hall–Kier alpha value is -1.51. The molecule has 0 aromatic heterocycles.